The van der Waals surface area contributed by atoms with Gasteiger partial charge in [-0.05, 0) is 68.8 Å². The van der Waals surface area contributed by atoms with Crippen LogP contribution in [0.3, 0.4) is 0 Å². The molecule has 5 heteroatoms. The van der Waals surface area contributed by atoms with E-state index in [1.54, 1.807) is 0 Å². The maximum absolute atomic E-state index is 6.53. The van der Waals surface area contributed by atoms with E-state index in [0.717, 1.165) is 44.9 Å². The molecule has 0 spiro atoms. The summed E-state index contributed by atoms with van der Waals surface area (Å²) >= 11 is 0. The Labute approximate surface area is 308 Å². The summed E-state index contributed by atoms with van der Waals surface area (Å²) in [6.45, 7) is 4.54. The van der Waals surface area contributed by atoms with Gasteiger partial charge in [-0.1, -0.05) is 153 Å². The molecule has 1 aliphatic carbocycles. The molecule has 8 aromatic rings. The predicted molar refractivity (Wildman–Crippen MR) is 211 cm³/mol. The molecule has 53 heavy (non-hydrogen) atoms. The zero-order valence-electron chi connectivity index (χ0n) is 29.2. The third-order valence-corrected chi connectivity index (χ3v) is 10.4. The topological polar surface area (TPSA) is 57.1 Å². The molecule has 0 radical (unpaired) electrons. The Kier molecular flexibility index (Phi) is 7.08. The van der Waals surface area contributed by atoms with Crippen LogP contribution in [-0.2, 0) is 5.41 Å². The van der Waals surface area contributed by atoms with Crippen molar-refractivity contribution in [2.24, 2.45) is 0 Å². The molecule has 0 saturated heterocycles. The molecule has 1 aromatic heterocycles. The first-order valence-corrected chi connectivity index (χ1v) is 17.8. The monoisotopic (exact) mass is 683 g/mol. The molecule has 0 amide bonds. The number of ether oxygens (including phenoxy) is 2. The highest BCUT2D eigenvalue weighted by atomic mass is 16.6. The van der Waals surface area contributed by atoms with E-state index in [4.69, 9.17) is 24.4 Å². The van der Waals surface area contributed by atoms with E-state index in [-0.39, 0.29) is 5.41 Å². The lowest BCUT2D eigenvalue weighted by Crippen LogP contribution is -2.15. The lowest BCUT2D eigenvalue weighted by Gasteiger charge is -2.25. The lowest BCUT2D eigenvalue weighted by atomic mass is 9.82. The molecular weight excluding hydrogens is 651 g/mol. The normalized spacial score (nSPS) is 13.2. The van der Waals surface area contributed by atoms with Crippen molar-refractivity contribution in [1.29, 1.82) is 0 Å². The van der Waals surface area contributed by atoms with E-state index in [1.807, 2.05) is 48.5 Å². The smallest absolute Gasteiger partial charge is 0.170 e. The summed E-state index contributed by atoms with van der Waals surface area (Å²) < 4.78 is 13.0. The van der Waals surface area contributed by atoms with Crippen LogP contribution in [-0.4, -0.2) is 15.0 Å². The fourth-order valence-corrected chi connectivity index (χ4v) is 7.56. The van der Waals surface area contributed by atoms with Crippen LogP contribution in [0.15, 0.2) is 164 Å². The molecule has 0 fully saturated rings. The van der Waals surface area contributed by atoms with Crippen molar-refractivity contribution in [3.63, 3.8) is 0 Å². The molecule has 0 unspecified atom stereocenters. The predicted octanol–water partition coefficient (Wildman–Crippen LogP) is 12.4. The van der Waals surface area contributed by atoms with Crippen molar-refractivity contribution in [1.82, 2.24) is 15.0 Å². The second-order valence-corrected chi connectivity index (χ2v) is 14.1. The Balaban J connectivity index is 0.960. The number of rotatable bonds is 5. The first-order chi connectivity index (χ1) is 26.0. The van der Waals surface area contributed by atoms with Gasteiger partial charge in [0.1, 0.15) is 0 Å². The van der Waals surface area contributed by atoms with Crippen LogP contribution in [0.1, 0.15) is 25.0 Å². The van der Waals surface area contributed by atoms with Crippen LogP contribution in [0.2, 0.25) is 0 Å². The van der Waals surface area contributed by atoms with Crippen molar-refractivity contribution in [2.75, 3.05) is 0 Å². The lowest BCUT2D eigenvalue weighted by molar-refractivity contribution is 0.359. The van der Waals surface area contributed by atoms with Gasteiger partial charge in [0.05, 0.1) is 0 Å². The van der Waals surface area contributed by atoms with Crippen LogP contribution < -0.4 is 9.47 Å². The van der Waals surface area contributed by atoms with Gasteiger partial charge < -0.3 is 9.47 Å². The highest BCUT2D eigenvalue weighted by molar-refractivity contribution is 5.84. The van der Waals surface area contributed by atoms with Crippen LogP contribution >= 0.6 is 0 Å². The van der Waals surface area contributed by atoms with Gasteiger partial charge in [0.25, 0.3) is 0 Å². The molecule has 7 aromatic carbocycles. The zero-order valence-corrected chi connectivity index (χ0v) is 29.2. The SMILES string of the molecule is CC1(C)c2ccccc2-c2cc3c(cc21)Oc1ccc(-c2ccc(-c4nc(-c5ccccc5)nc(-c5ccc(-c6ccccc6)cc5)n4)cc2)cc1O3. The molecule has 5 nitrogen and oxygen atoms in total. The van der Waals surface area contributed by atoms with Crippen LogP contribution in [0.4, 0.5) is 0 Å². The largest absolute Gasteiger partial charge is 0.450 e. The maximum Gasteiger partial charge on any atom is 0.170 e. The third kappa shape index (κ3) is 5.37. The van der Waals surface area contributed by atoms with Gasteiger partial charge in [-0.3, -0.25) is 0 Å². The Bertz CT molecular complexity index is 2670. The Morgan fingerprint density at radius 2 is 0.774 bits per heavy atom. The molecule has 2 heterocycles. The van der Waals surface area contributed by atoms with E-state index in [1.165, 1.54) is 27.8 Å². The number of aromatic nitrogens is 3. The van der Waals surface area contributed by atoms with Gasteiger partial charge in [-0.15, -0.1) is 0 Å². The first-order valence-electron chi connectivity index (χ1n) is 17.8. The second-order valence-electron chi connectivity index (χ2n) is 14.1. The standard InChI is InChI=1S/C48H33N3O2/c1-48(2)39-16-10-9-15-37(39)38-28-43-44(29-40(38)48)52-41-26-25-36(27-42(41)53-43)32-19-23-35(24-20-32)47-50-45(33-13-7-4-8-14-33)49-46(51-47)34-21-17-31(18-22-34)30-11-5-3-6-12-30/h3-29H,1-2H3. The van der Waals surface area contributed by atoms with E-state index < -0.39 is 0 Å². The number of hydrogen-bond donors (Lipinski definition) is 0. The zero-order chi connectivity index (χ0) is 35.5. The van der Waals surface area contributed by atoms with Gasteiger partial charge >= 0.3 is 0 Å². The van der Waals surface area contributed by atoms with Gasteiger partial charge in [-0.25, -0.2) is 15.0 Å². The van der Waals surface area contributed by atoms with E-state index in [0.29, 0.717) is 29.0 Å². The number of hydrogen-bond acceptors (Lipinski definition) is 5. The van der Waals surface area contributed by atoms with Crippen molar-refractivity contribution < 1.29 is 9.47 Å². The quantitative estimate of drug-likeness (QED) is 0.181. The molecule has 1 aliphatic heterocycles. The summed E-state index contributed by atoms with van der Waals surface area (Å²) in [6.07, 6.45) is 0. The fraction of sp³-hybridized carbons (Fsp3) is 0.0625. The van der Waals surface area contributed by atoms with Crippen LogP contribution in [0.5, 0.6) is 23.0 Å². The summed E-state index contributed by atoms with van der Waals surface area (Å²) in [4.78, 5) is 14.8. The average molecular weight is 684 g/mol. The Hall–Kier alpha value is -6.85. The number of nitrogens with zero attached hydrogens (tertiary/aromatic N) is 3. The fourth-order valence-electron chi connectivity index (χ4n) is 7.56. The van der Waals surface area contributed by atoms with Crippen LogP contribution in [0, 0.1) is 0 Å². The van der Waals surface area contributed by atoms with Gasteiger partial charge in [-0.2, -0.15) is 0 Å². The van der Waals surface area contributed by atoms with E-state index in [9.17, 15) is 0 Å². The summed E-state index contributed by atoms with van der Waals surface area (Å²) in [5.41, 5.74) is 12.1. The average Bonchev–Trinajstić information content (AvgIpc) is 3.44. The minimum atomic E-state index is -0.110. The first kappa shape index (κ1) is 30.9. The Morgan fingerprint density at radius 1 is 0.340 bits per heavy atom. The van der Waals surface area contributed by atoms with Gasteiger partial charge in [0, 0.05) is 22.1 Å². The number of benzene rings is 7. The summed E-state index contributed by atoms with van der Waals surface area (Å²) in [6, 6.07) is 56.1. The minimum Gasteiger partial charge on any atom is -0.450 e. The van der Waals surface area contributed by atoms with E-state index >= 15 is 0 Å². The van der Waals surface area contributed by atoms with Crippen LogP contribution in [0.25, 0.3) is 67.5 Å². The summed E-state index contributed by atoms with van der Waals surface area (Å²) in [5.74, 6) is 4.74. The minimum absolute atomic E-state index is 0.110. The molecule has 0 N–H and O–H groups in total. The Morgan fingerprint density at radius 3 is 1.42 bits per heavy atom. The van der Waals surface area contributed by atoms with E-state index in [2.05, 4.69) is 129 Å². The molecule has 0 atom stereocenters. The second kappa shape index (κ2) is 12.1. The van der Waals surface area contributed by atoms with Crippen molar-refractivity contribution in [3.05, 3.63) is 175 Å². The van der Waals surface area contributed by atoms with Crippen molar-refractivity contribution >= 4 is 0 Å². The van der Waals surface area contributed by atoms with Crippen molar-refractivity contribution in [3.8, 4) is 90.5 Å². The molecule has 0 saturated carbocycles. The van der Waals surface area contributed by atoms with Gasteiger partial charge in [0.2, 0.25) is 0 Å². The highest BCUT2D eigenvalue weighted by Gasteiger charge is 2.37. The van der Waals surface area contributed by atoms with Crippen molar-refractivity contribution in [2.45, 2.75) is 19.3 Å². The molecule has 0 bridgehead atoms. The maximum atomic E-state index is 6.53. The third-order valence-electron chi connectivity index (χ3n) is 10.4. The molecule has 10 rings (SSSR count). The number of fused-ring (bicyclic) bond motifs is 5. The molecular formula is C48H33N3O2. The summed E-state index contributed by atoms with van der Waals surface area (Å²) in [5, 5.41) is 0. The highest BCUT2D eigenvalue weighted by Crippen LogP contribution is 2.55. The van der Waals surface area contributed by atoms with Gasteiger partial charge in [0.15, 0.2) is 40.5 Å². The molecule has 2 aliphatic rings. The molecule has 252 valence electrons. The summed E-state index contributed by atoms with van der Waals surface area (Å²) in [7, 11) is 0.